The fraction of sp³-hybridized carbons (Fsp3) is 0.391. The number of anilines is 2. The van der Waals surface area contributed by atoms with E-state index < -0.39 is 0 Å². The largest absolute Gasteiger partial charge is 0.494 e. The highest BCUT2D eigenvalue weighted by Crippen LogP contribution is 2.35. The molecule has 1 fully saturated rings. The summed E-state index contributed by atoms with van der Waals surface area (Å²) in [7, 11) is 0. The van der Waals surface area contributed by atoms with Gasteiger partial charge in [-0.05, 0) is 48.2 Å². The molecule has 0 spiro atoms. The first-order valence-corrected chi connectivity index (χ1v) is 9.73. The monoisotopic (exact) mass is 380 g/mol. The first kappa shape index (κ1) is 19.9. The Bertz CT molecular complexity index is 853. The molecule has 3 rings (SSSR count). The van der Waals surface area contributed by atoms with Gasteiger partial charge in [0.2, 0.25) is 11.8 Å². The number of benzene rings is 2. The van der Waals surface area contributed by atoms with E-state index in [9.17, 15) is 9.59 Å². The Morgan fingerprint density at radius 1 is 1.14 bits per heavy atom. The van der Waals surface area contributed by atoms with E-state index in [0.29, 0.717) is 18.8 Å². The minimum atomic E-state index is -0.368. The van der Waals surface area contributed by atoms with Crippen molar-refractivity contribution in [3.63, 3.8) is 0 Å². The molecule has 148 valence electrons. The molecule has 2 amide bonds. The van der Waals surface area contributed by atoms with E-state index in [1.165, 1.54) is 0 Å². The van der Waals surface area contributed by atoms with E-state index in [4.69, 9.17) is 4.74 Å². The molecule has 1 saturated heterocycles. The fourth-order valence-electron chi connectivity index (χ4n) is 3.50. The molecule has 1 unspecified atom stereocenters. The second kappa shape index (κ2) is 8.05. The van der Waals surface area contributed by atoms with Gasteiger partial charge in [-0.2, -0.15) is 0 Å². The van der Waals surface area contributed by atoms with Crippen LogP contribution in [0, 0.1) is 5.92 Å². The van der Waals surface area contributed by atoms with Gasteiger partial charge in [0.1, 0.15) is 5.75 Å². The van der Waals surface area contributed by atoms with Gasteiger partial charge in [-0.25, -0.2) is 0 Å². The number of rotatable bonds is 5. The summed E-state index contributed by atoms with van der Waals surface area (Å²) in [6.45, 7) is 9.31. The molecule has 2 aromatic rings. The van der Waals surface area contributed by atoms with Gasteiger partial charge in [0, 0.05) is 24.3 Å². The Kier molecular flexibility index (Phi) is 5.73. The zero-order valence-electron chi connectivity index (χ0n) is 17.0. The first-order valence-electron chi connectivity index (χ1n) is 9.73. The van der Waals surface area contributed by atoms with Crippen molar-refractivity contribution in [1.82, 2.24) is 0 Å². The van der Waals surface area contributed by atoms with Crippen LogP contribution in [0.5, 0.6) is 5.75 Å². The molecule has 0 saturated carbocycles. The molecule has 5 nitrogen and oxygen atoms in total. The molecule has 5 heteroatoms. The zero-order chi connectivity index (χ0) is 20.3. The second-order valence-electron chi connectivity index (χ2n) is 8.12. The van der Waals surface area contributed by atoms with Crippen molar-refractivity contribution < 1.29 is 14.3 Å². The summed E-state index contributed by atoms with van der Waals surface area (Å²) in [5.41, 5.74) is 2.63. The number of ether oxygens (including phenoxy) is 1. The lowest BCUT2D eigenvalue weighted by Gasteiger charge is -2.27. The average Bonchev–Trinajstić information content (AvgIpc) is 3.05. The predicted octanol–water partition coefficient (Wildman–Crippen LogP) is 4.37. The molecule has 1 N–H and O–H groups in total. The SMILES string of the molecule is CCOc1ccc(NC(=O)C2CC(=O)N(c3ccccc3C(C)(C)C)C2)cc1. The number of carbonyl (C=O) groups excluding carboxylic acids is 2. The molecular weight excluding hydrogens is 352 g/mol. The fourth-order valence-corrected chi connectivity index (χ4v) is 3.50. The van der Waals surface area contributed by atoms with Gasteiger partial charge in [-0.15, -0.1) is 0 Å². The van der Waals surface area contributed by atoms with Crippen LogP contribution in [0.1, 0.15) is 39.7 Å². The van der Waals surface area contributed by atoms with Crippen LogP contribution in [-0.2, 0) is 15.0 Å². The lowest BCUT2D eigenvalue weighted by Crippen LogP contribution is -2.30. The molecule has 2 aromatic carbocycles. The van der Waals surface area contributed by atoms with Crippen molar-refractivity contribution in [2.24, 2.45) is 5.92 Å². The number of hydrogen-bond donors (Lipinski definition) is 1. The smallest absolute Gasteiger partial charge is 0.229 e. The van der Waals surface area contributed by atoms with Gasteiger partial charge >= 0.3 is 0 Å². The highest BCUT2D eigenvalue weighted by molar-refractivity contribution is 6.04. The van der Waals surface area contributed by atoms with Crippen molar-refractivity contribution in [1.29, 1.82) is 0 Å². The number of nitrogens with zero attached hydrogens (tertiary/aromatic N) is 1. The van der Waals surface area contributed by atoms with Gasteiger partial charge in [0.25, 0.3) is 0 Å². The third-order valence-electron chi connectivity index (χ3n) is 4.93. The maximum atomic E-state index is 12.7. The predicted molar refractivity (Wildman–Crippen MR) is 112 cm³/mol. The van der Waals surface area contributed by atoms with Crippen LogP contribution in [0.4, 0.5) is 11.4 Å². The van der Waals surface area contributed by atoms with E-state index in [-0.39, 0.29) is 29.6 Å². The summed E-state index contributed by atoms with van der Waals surface area (Å²) < 4.78 is 5.42. The van der Waals surface area contributed by atoms with Gasteiger partial charge in [0.05, 0.1) is 12.5 Å². The van der Waals surface area contributed by atoms with Crippen LogP contribution in [0.3, 0.4) is 0 Å². The lowest BCUT2D eigenvalue weighted by atomic mass is 9.85. The van der Waals surface area contributed by atoms with Crippen LogP contribution in [0.15, 0.2) is 48.5 Å². The van der Waals surface area contributed by atoms with E-state index >= 15 is 0 Å². The molecule has 0 aromatic heterocycles. The van der Waals surface area contributed by atoms with Gasteiger partial charge in [-0.3, -0.25) is 9.59 Å². The maximum absolute atomic E-state index is 12.7. The standard InChI is InChI=1S/C23H28N2O3/c1-5-28-18-12-10-17(11-13-18)24-22(27)16-14-21(26)25(15-16)20-9-7-6-8-19(20)23(2,3)4/h6-13,16H,5,14-15H2,1-4H3,(H,24,27). The third kappa shape index (κ3) is 4.35. The molecule has 0 aliphatic carbocycles. The van der Waals surface area contributed by atoms with Crippen LogP contribution in [0.25, 0.3) is 0 Å². The highest BCUT2D eigenvalue weighted by atomic mass is 16.5. The molecule has 1 aliphatic rings. The molecule has 1 aliphatic heterocycles. The first-order chi connectivity index (χ1) is 13.3. The van der Waals surface area contributed by atoms with E-state index in [2.05, 4.69) is 32.2 Å². The topological polar surface area (TPSA) is 58.6 Å². The average molecular weight is 380 g/mol. The van der Waals surface area contributed by atoms with Crippen molar-refractivity contribution in [3.8, 4) is 5.75 Å². The Hall–Kier alpha value is -2.82. The van der Waals surface area contributed by atoms with Crippen molar-refractivity contribution in [2.75, 3.05) is 23.4 Å². The molecule has 0 radical (unpaired) electrons. The summed E-state index contributed by atoms with van der Waals surface area (Å²) in [4.78, 5) is 27.1. The molecular formula is C23H28N2O3. The Balaban J connectivity index is 1.72. The normalized spacial score (nSPS) is 16.9. The van der Waals surface area contributed by atoms with Crippen LogP contribution < -0.4 is 15.0 Å². The Morgan fingerprint density at radius 3 is 2.46 bits per heavy atom. The summed E-state index contributed by atoms with van der Waals surface area (Å²) in [5.74, 6) is 0.255. The van der Waals surface area contributed by atoms with Crippen molar-refractivity contribution in [2.45, 2.75) is 39.5 Å². The zero-order valence-corrected chi connectivity index (χ0v) is 17.0. The van der Waals surface area contributed by atoms with Crippen molar-refractivity contribution >= 4 is 23.2 Å². The van der Waals surface area contributed by atoms with Crippen LogP contribution >= 0.6 is 0 Å². The van der Waals surface area contributed by atoms with Crippen LogP contribution in [0.2, 0.25) is 0 Å². The quantitative estimate of drug-likeness (QED) is 0.838. The number of hydrogen-bond acceptors (Lipinski definition) is 3. The van der Waals surface area contributed by atoms with E-state index in [0.717, 1.165) is 17.0 Å². The van der Waals surface area contributed by atoms with Gasteiger partial charge < -0.3 is 15.0 Å². The summed E-state index contributed by atoms with van der Waals surface area (Å²) in [6, 6.07) is 15.2. The number of para-hydroxylation sites is 1. The van der Waals surface area contributed by atoms with E-state index in [1.54, 1.807) is 4.90 Å². The summed E-state index contributed by atoms with van der Waals surface area (Å²) >= 11 is 0. The van der Waals surface area contributed by atoms with Gasteiger partial charge in [0.15, 0.2) is 0 Å². The number of nitrogens with one attached hydrogen (secondary N) is 1. The van der Waals surface area contributed by atoms with Crippen molar-refractivity contribution in [3.05, 3.63) is 54.1 Å². The summed E-state index contributed by atoms with van der Waals surface area (Å²) in [6.07, 6.45) is 0.224. The molecule has 28 heavy (non-hydrogen) atoms. The minimum absolute atomic E-state index is 0.0106. The number of carbonyl (C=O) groups is 2. The third-order valence-corrected chi connectivity index (χ3v) is 4.93. The number of amides is 2. The van der Waals surface area contributed by atoms with Gasteiger partial charge in [-0.1, -0.05) is 39.0 Å². The van der Waals surface area contributed by atoms with E-state index in [1.807, 2.05) is 49.4 Å². The van der Waals surface area contributed by atoms with Crippen LogP contribution in [-0.4, -0.2) is 25.0 Å². The minimum Gasteiger partial charge on any atom is -0.494 e. The summed E-state index contributed by atoms with van der Waals surface area (Å²) in [5, 5.41) is 2.92. The molecule has 1 heterocycles. The Labute approximate surface area is 166 Å². The maximum Gasteiger partial charge on any atom is 0.229 e. The second-order valence-corrected chi connectivity index (χ2v) is 8.12. The molecule has 1 atom stereocenters. The Morgan fingerprint density at radius 2 is 1.82 bits per heavy atom. The molecule has 0 bridgehead atoms. The highest BCUT2D eigenvalue weighted by Gasteiger charge is 2.37. The lowest BCUT2D eigenvalue weighted by molar-refractivity contribution is -0.122.